The normalized spacial score (nSPS) is 11.2. The van der Waals surface area contributed by atoms with Gasteiger partial charge in [0, 0.05) is 18.3 Å². The average molecular weight is 370 g/mol. The fraction of sp³-hybridized carbons (Fsp3) is 0.250. The van der Waals surface area contributed by atoms with E-state index in [-0.39, 0.29) is 11.8 Å². The lowest BCUT2D eigenvalue weighted by Gasteiger charge is -2.15. The number of esters is 1. The van der Waals surface area contributed by atoms with Crippen molar-refractivity contribution in [2.24, 2.45) is 0 Å². The van der Waals surface area contributed by atoms with Crippen molar-refractivity contribution < 1.29 is 23.9 Å². The molecule has 142 valence electrons. The van der Waals surface area contributed by atoms with Crippen molar-refractivity contribution in [2.45, 2.75) is 26.9 Å². The maximum atomic E-state index is 12.3. The predicted molar refractivity (Wildman–Crippen MR) is 102 cm³/mol. The second-order valence-electron chi connectivity index (χ2n) is 5.75. The first kappa shape index (κ1) is 20.0. The largest absolute Gasteiger partial charge is 0.481 e. The summed E-state index contributed by atoms with van der Waals surface area (Å²) in [5.41, 5.74) is 1.65. The van der Waals surface area contributed by atoms with Gasteiger partial charge in [0.1, 0.15) is 5.75 Å². The molecule has 0 spiro atoms. The molecule has 0 bridgehead atoms. The molecule has 7 nitrogen and oxygen atoms in total. The molecule has 0 heterocycles. The van der Waals surface area contributed by atoms with Gasteiger partial charge < -0.3 is 20.1 Å². The Hall–Kier alpha value is -3.35. The van der Waals surface area contributed by atoms with Gasteiger partial charge in [-0.25, -0.2) is 4.79 Å². The highest BCUT2D eigenvalue weighted by Gasteiger charge is 2.15. The van der Waals surface area contributed by atoms with Gasteiger partial charge in [0.25, 0.3) is 5.91 Å². The molecule has 2 rings (SSSR count). The molecule has 0 radical (unpaired) electrons. The number of carbonyl (C=O) groups excluding carboxylic acids is 3. The molecule has 2 aromatic carbocycles. The minimum absolute atomic E-state index is 0.164. The molecule has 0 aromatic heterocycles. The number of ether oxygens (including phenoxy) is 2. The molecule has 27 heavy (non-hydrogen) atoms. The summed E-state index contributed by atoms with van der Waals surface area (Å²) in [5, 5.41) is 5.39. The Balaban J connectivity index is 1.91. The standard InChI is InChI=1S/C20H22N2O5/c1-4-26-20(25)15-5-11-18(12-6-15)27-13(2)19(24)22-17-9-7-16(8-10-17)21-14(3)23/h5-13H,4H2,1-3H3,(H,21,23)(H,22,24)/t13-/m1/s1. The van der Waals surface area contributed by atoms with E-state index in [1.54, 1.807) is 62.4 Å². The van der Waals surface area contributed by atoms with E-state index in [0.717, 1.165) is 0 Å². The van der Waals surface area contributed by atoms with Gasteiger partial charge in [-0.05, 0) is 62.4 Å². The third-order valence-electron chi connectivity index (χ3n) is 3.52. The third-order valence-corrected chi connectivity index (χ3v) is 3.52. The highest BCUT2D eigenvalue weighted by Crippen LogP contribution is 2.17. The molecule has 7 heteroatoms. The van der Waals surface area contributed by atoms with Crippen molar-refractivity contribution in [3.8, 4) is 5.75 Å². The summed E-state index contributed by atoms with van der Waals surface area (Å²) >= 11 is 0. The van der Waals surface area contributed by atoms with Crippen molar-refractivity contribution in [3.63, 3.8) is 0 Å². The van der Waals surface area contributed by atoms with Crippen LogP contribution in [0.25, 0.3) is 0 Å². The Morgan fingerprint density at radius 1 is 0.926 bits per heavy atom. The van der Waals surface area contributed by atoms with Crippen LogP contribution in [0.3, 0.4) is 0 Å². The predicted octanol–water partition coefficient (Wildman–Crippen LogP) is 3.23. The van der Waals surface area contributed by atoms with E-state index in [9.17, 15) is 14.4 Å². The molecule has 0 saturated carbocycles. The zero-order chi connectivity index (χ0) is 19.8. The van der Waals surface area contributed by atoms with Crippen LogP contribution in [0.5, 0.6) is 5.75 Å². The van der Waals surface area contributed by atoms with Crippen molar-refractivity contribution >= 4 is 29.2 Å². The number of anilines is 2. The molecule has 0 unspecified atom stereocenters. The summed E-state index contributed by atoms with van der Waals surface area (Å²) in [7, 11) is 0. The minimum atomic E-state index is -0.742. The van der Waals surface area contributed by atoms with Gasteiger partial charge in [-0.15, -0.1) is 0 Å². The quantitative estimate of drug-likeness (QED) is 0.730. The average Bonchev–Trinajstić information content (AvgIpc) is 2.63. The Morgan fingerprint density at radius 3 is 2.00 bits per heavy atom. The molecule has 0 fully saturated rings. The number of nitrogens with one attached hydrogen (secondary N) is 2. The summed E-state index contributed by atoms with van der Waals surface area (Å²) in [4.78, 5) is 34.9. The van der Waals surface area contributed by atoms with E-state index >= 15 is 0 Å². The number of rotatable bonds is 7. The highest BCUT2D eigenvalue weighted by molar-refractivity contribution is 5.95. The summed E-state index contributed by atoms with van der Waals surface area (Å²) < 4.78 is 10.5. The van der Waals surface area contributed by atoms with Crippen molar-refractivity contribution in [3.05, 3.63) is 54.1 Å². The Bertz CT molecular complexity index is 800. The van der Waals surface area contributed by atoms with Gasteiger partial charge in [-0.3, -0.25) is 9.59 Å². The van der Waals surface area contributed by atoms with Crippen LogP contribution in [0.1, 0.15) is 31.1 Å². The maximum absolute atomic E-state index is 12.3. The first-order valence-corrected chi connectivity index (χ1v) is 8.51. The van der Waals surface area contributed by atoms with Crippen LogP contribution in [0.2, 0.25) is 0 Å². The van der Waals surface area contributed by atoms with E-state index in [2.05, 4.69) is 10.6 Å². The van der Waals surface area contributed by atoms with Gasteiger partial charge in [-0.1, -0.05) is 0 Å². The van der Waals surface area contributed by atoms with Gasteiger partial charge in [0.2, 0.25) is 5.91 Å². The lowest BCUT2D eigenvalue weighted by Crippen LogP contribution is -2.30. The first-order chi connectivity index (χ1) is 12.9. The number of benzene rings is 2. The first-order valence-electron chi connectivity index (χ1n) is 8.51. The van der Waals surface area contributed by atoms with E-state index in [4.69, 9.17) is 9.47 Å². The Labute approximate surface area is 157 Å². The van der Waals surface area contributed by atoms with E-state index in [1.165, 1.54) is 6.92 Å². The molecule has 2 amide bonds. The third kappa shape index (κ3) is 6.14. The highest BCUT2D eigenvalue weighted by atomic mass is 16.5. The molecule has 0 aliphatic heterocycles. The Morgan fingerprint density at radius 2 is 1.48 bits per heavy atom. The van der Waals surface area contributed by atoms with Crippen molar-refractivity contribution in [2.75, 3.05) is 17.2 Å². The Kier molecular flexibility index (Phi) is 6.93. The van der Waals surface area contributed by atoms with Crippen LogP contribution in [-0.4, -0.2) is 30.5 Å². The zero-order valence-electron chi connectivity index (χ0n) is 15.4. The molecule has 1 atom stereocenters. The molecular formula is C20H22N2O5. The van der Waals surface area contributed by atoms with Crippen molar-refractivity contribution in [1.82, 2.24) is 0 Å². The number of hydrogen-bond acceptors (Lipinski definition) is 5. The lowest BCUT2D eigenvalue weighted by atomic mass is 10.2. The molecule has 2 aromatic rings. The number of carbonyl (C=O) groups is 3. The SMILES string of the molecule is CCOC(=O)c1ccc(O[C@H](C)C(=O)Nc2ccc(NC(C)=O)cc2)cc1. The number of amides is 2. The zero-order valence-corrected chi connectivity index (χ0v) is 15.4. The monoisotopic (exact) mass is 370 g/mol. The molecular weight excluding hydrogens is 348 g/mol. The maximum Gasteiger partial charge on any atom is 0.338 e. The molecule has 0 aliphatic carbocycles. The van der Waals surface area contributed by atoms with Gasteiger partial charge >= 0.3 is 5.97 Å². The lowest BCUT2D eigenvalue weighted by molar-refractivity contribution is -0.122. The minimum Gasteiger partial charge on any atom is -0.481 e. The van der Waals surface area contributed by atoms with Crippen LogP contribution in [-0.2, 0) is 14.3 Å². The van der Waals surface area contributed by atoms with Gasteiger partial charge in [0.15, 0.2) is 6.10 Å². The van der Waals surface area contributed by atoms with E-state index in [1.807, 2.05) is 0 Å². The van der Waals surface area contributed by atoms with Gasteiger partial charge in [0.05, 0.1) is 12.2 Å². The summed E-state index contributed by atoms with van der Waals surface area (Å²) in [5.74, 6) is -0.427. The van der Waals surface area contributed by atoms with Gasteiger partial charge in [-0.2, -0.15) is 0 Å². The number of hydrogen-bond donors (Lipinski definition) is 2. The molecule has 0 aliphatic rings. The van der Waals surface area contributed by atoms with Crippen LogP contribution in [0.4, 0.5) is 11.4 Å². The van der Waals surface area contributed by atoms with Crippen LogP contribution in [0, 0.1) is 0 Å². The van der Waals surface area contributed by atoms with Crippen molar-refractivity contribution in [1.29, 1.82) is 0 Å². The summed E-state index contributed by atoms with van der Waals surface area (Å²) in [6.07, 6.45) is -0.742. The smallest absolute Gasteiger partial charge is 0.338 e. The molecule has 0 saturated heterocycles. The molecule has 2 N–H and O–H groups in total. The second-order valence-corrected chi connectivity index (χ2v) is 5.75. The van der Waals surface area contributed by atoms with E-state index < -0.39 is 12.1 Å². The second kappa shape index (κ2) is 9.38. The topological polar surface area (TPSA) is 93.7 Å². The fourth-order valence-corrected chi connectivity index (χ4v) is 2.23. The fourth-order valence-electron chi connectivity index (χ4n) is 2.23. The van der Waals surface area contributed by atoms with Crippen LogP contribution < -0.4 is 15.4 Å². The van der Waals surface area contributed by atoms with Crippen LogP contribution in [0.15, 0.2) is 48.5 Å². The van der Waals surface area contributed by atoms with Crippen LogP contribution >= 0.6 is 0 Å². The summed E-state index contributed by atoms with van der Waals surface area (Å²) in [6, 6.07) is 13.1. The van der Waals surface area contributed by atoms with E-state index in [0.29, 0.717) is 29.3 Å². The summed E-state index contributed by atoms with van der Waals surface area (Å²) in [6.45, 7) is 5.09.